The van der Waals surface area contributed by atoms with E-state index in [1.807, 2.05) is 26.8 Å². The number of phenolic OH excluding ortho intramolecular Hbond substituents is 1. The number of aryl methyl sites for hydroxylation is 2. The minimum Gasteiger partial charge on any atom is -0.508 e. The summed E-state index contributed by atoms with van der Waals surface area (Å²) < 4.78 is 46.2. The maximum Gasteiger partial charge on any atom is 0.387 e. The van der Waals surface area contributed by atoms with Gasteiger partial charge in [0, 0.05) is 17.7 Å². The number of alkyl halides is 2. The topological polar surface area (TPSA) is 183 Å². The van der Waals surface area contributed by atoms with Crippen LogP contribution in [0.1, 0.15) is 107 Å². The molecule has 0 aliphatic heterocycles. The van der Waals surface area contributed by atoms with Crippen LogP contribution in [0.4, 0.5) is 8.78 Å². The number of hydrogen-bond donors (Lipinski definition) is 3. The van der Waals surface area contributed by atoms with E-state index in [0.717, 1.165) is 34.4 Å². The van der Waals surface area contributed by atoms with E-state index in [1.54, 1.807) is 27.7 Å². The van der Waals surface area contributed by atoms with Crippen LogP contribution in [0, 0.1) is 68.2 Å². The molecule has 0 aromatic heterocycles. The summed E-state index contributed by atoms with van der Waals surface area (Å²) in [5.41, 5.74) is 5.12. The van der Waals surface area contributed by atoms with Crippen molar-refractivity contribution in [3.8, 4) is 23.0 Å². The summed E-state index contributed by atoms with van der Waals surface area (Å²) in [5, 5.41) is 29.2. The first kappa shape index (κ1) is 46.8. The molecule has 0 saturated heterocycles. The number of rotatable bonds is 9. The van der Waals surface area contributed by atoms with Gasteiger partial charge in [0.05, 0.1) is 18.2 Å². The molecule has 15 heteroatoms. The standard InChI is InChI=1S/C22H24F2O5.C18H17BrO7.C3H6/c1-9-8-10(2)16(12(4)11(9)3)21(27)28-18-14(6)13(5)17(20(25)26)19(15(18)7)29-22(23)24;1-7-8(2)17(15(19)16(23)13(7)9(3)20)26-18(24)14-11(22)5-10(21)6-12(14)25-4;1-2-3-1/h8,22H,1-7H3,(H,25,26);5-6,14,21,23H,1-4H3;1-3H2. The predicted octanol–water partition coefficient (Wildman–Crippen LogP) is 9.59. The molecule has 12 nitrogen and oxygen atoms in total. The summed E-state index contributed by atoms with van der Waals surface area (Å²) in [6, 6.07) is 1.88. The maximum atomic E-state index is 13.0. The van der Waals surface area contributed by atoms with Crippen molar-refractivity contribution >= 4 is 45.4 Å². The molecule has 3 N–H and O–H groups in total. The summed E-state index contributed by atoms with van der Waals surface area (Å²) in [7, 11) is 1.26. The van der Waals surface area contributed by atoms with Gasteiger partial charge in [0.2, 0.25) is 0 Å². The molecule has 1 saturated carbocycles. The maximum absolute atomic E-state index is 13.0. The van der Waals surface area contributed by atoms with Crippen LogP contribution in [0.3, 0.4) is 0 Å². The van der Waals surface area contributed by atoms with E-state index < -0.39 is 42.0 Å². The molecule has 1 atom stereocenters. The first-order valence-electron chi connectivity index (χ1n) is 18.0. The van der Waals surface area contributed by atoms with Crippen molar-refractivity contribution in [1.82, 2.24) is 0 Å². The van der Waals surface area contributed by atoms with Crippen molar-refractivity contribution in [1.29, 1.82) is 0 Å². The van der Waals surface area contributed by atoms with Crippen LogP contribution in [-0.4, -0.2) is 58.5 Å². The highest BCUT2D eigenvalue weighted by molar-refractivity contribution is 9.10. The van der Waals surface area contributed by atoms with Gasteiger partial charge in [-0.25, -0.2) is 9.59 Å². The number of ether oxygens (including phenoxy) is 4. The zero-order chi connectivity index (χ0) is 44.1. The third-order valence-corrected chi connectivity index (χ3v) is 10.5. The molecular weight excluding hydrogens is 826 g/mol. The fourth-order valence-electron chi connectivity index (χ4n) is 6.17. The zero-order valence-corrected chi connectivity index (χ0v) is 35.7. The normalized spacial score (nSPS) is 14.2. The van der Waals surface area contributed by atoms with E-state index in [2.05, 4.69) is 20.7 Å². The van der Waals surface area contributed by atoms with E-state index in [9.17, 15) is 48.1 Å². The lowest BCUT2D eigenvalue weighted by Crippen LogP contribution is -2.32. The third-order valence-electron chi connectivity index (χ3n) is 9.81. The van der Waals surface area contributed by atoms with Gasteiger partial charge in [0.1, 0.15) is 38.8 Å². The number of allylic oxidation sites excluding steroid dienone is 2. The van der Waals surface area contributed by atoms with Crippen molar-refractivity contribution < 1.29 is 67.0 Å². The van der Waals surface area contributed by atoms with Crippen LogP contribution in [0.5, 0.6) is 23.0 Å². The van der Waals surface area contributed by atoms with Gasteiger partial charge in [-0.15, -0.1) is 0 Å². The summed E-state index contributed by atoms with van der Waals surface area (Å²) >= 11 is 3.13. The number of phenols is 1. The van der Waals surface area contributed by atoms with Crippen LogP contribution in [0.15, 0.2) is 34.2 Å². The van der Waals surface area contributed by atoms with Crippen molar-refractivity contribution in [3.63, 3.8) is 0 Å². The fraction of sp³-hybridized carbons (Fsp3) is 0.372. The SMILES string of the molecule is C1CC1.COC1=CC(O)=CC(=O)C1C(=O)Oc1c(C)c(C)c(C(C)=O)c(O)c1Br.Cc1cc(C)c(C(=O)Oc2c(C)c(C)c(C(=O)O)c(OC(F)F)c2C)c(C)c1C. The molecule has 58 heavy (non-hydrogen) atoms. The lowest BCUT2D eigenvalue weighted by atomic mass is 9.94. The smallest absolute Gasteiger partial charge is 0.387 e. The van der Waals surface area contributed by atoms with E-state index in [-0.39, 0.29) is 61.3 Å². The number of aliphatic hydroxyl groups excluding tert-OH is 1. The number of carboxylic acid groups (broad SMARTS) is 1. The molecule has 0 radical (unpaired) electrons. The van der Waals surface area contributed by atoms with Crippen molar-refractivity contribution in [2.24, 2.45) is 5.92 Å². The number of methoxy groups -OCH3 is 1. The van der Waals surface area contributed by atoms with E-state index in [4.69, 9.17) is 14.2 Å². The number of Topliss-reactive ketones (excluding diaryl/α,β-unsaturated/α-hetero) is 1. The lowest BCUT2D eigenvalue weighted by Gasteiger charge is -2.21. The molecular formula is C43H47BrF2O12. The highest BCUT2D eigenvalue weighted by atomic mass is 79.9. The summed E-state index contributed by atoms with van der Waals surface area (Å²) in [5.74, 6) is -6.61. The minimum absolute atomic E-state index is 0.00275. The molecule has 0 heterocycles. The number of aromatic carboxylic acids is 1. The quantitative estimate of drug-likeness (QED) is 0.0802. The second kappa shape index (κ2) is 19.2. The zero-order valence-electron chi connectivity index (χ0n) is 34.2. The fourth-order valence-corrected chi connectivity index (χ4v) is 6.74. The van der Waals surface area contributed by atoms with Gasteiger partial charge in [-0.1, -0.05) is 25.3 Å². The number of ketones is 2. The number of carboxylic acids is 1. The van der Waals surface area contributed by atoms with Gasteiger partial charge in [-0.2, -0.15) is 8.78 Å². The Kier molecular flexibility index (Phi) is 15.5. The van der Waals surface area contributed by atoms with E-state index >= 15 is 0 Å². The number of carbonyl (C=O) groups excluding carboxylic acids is 4. The largest absolute Gasteiger partial charge is 0.508 e. The van der Waals surface area contributed by atoms with Crippen molar-refractivity contribution in [3.05, 3.63) is 101 Å². The molecule has 5 rings (SSSR count). The summed E-state index contributed by atoms with van der Waals surface area (Å²) in [6.45, 7) is 13.2. The third kappa shape index (κ3) is 10.3. The monoisotopic (exact) mass is 872 g/mol. The van der Waals surface area contributed by atoms with Gasteiger partial charge in [-0.3, -0.25) is 14.4 Å². The van der Waals surface area contributed by atoms with Crippen LogP contribution < -0.4 is 14.2 Å². The van der Waals surface area contributed by atoms with Crippen molar-refractivity contribution in [2.75, 3.05) is 7.11 Å². The Morgan fingerprint density at radius 1 is 0.724 bits per heavy atom. The Morgan fingerprint density at radius 3 is 1.76 bits per heavy atom. The second-order valence-electron chi connectivity index (χ2n) is 13.9. The molecule has 2 aliphatic carbocycles. The molecule has 0 amide bonds. The van der Waals surface area contributed by atoms with Crippen LogP contribution in [0.25, 0.3) is 0 Å². The van der Waals surface area contributed by atoms with Gasteiger partial charge in [0.15, 0.2) is 23.2 Å². The van der Waals surface area contributed by atoms with E-state index in [1.165, 1.54) is 47.1 Å². The Balaban J connectivity index is 0.000000290. The number of benzene rings is 3. The van der Waals surface area contributed by atoms with Crippen LogP contribution >= 0.6 is 15.9 Å². The number of hydrogen-bond acceptors (Lipinski definition) is 11. The number of esters is 2. The molecule has 0 bridgehead atoms. The average Bonchev–Trinajstić information content (AvgIpc) is 4.02. The Bertz CT molecular complexity index is 2220. The highest BCUT2D eigenvalue weighted by Crippen LogP contribution is 2.43. The number of halogens is 3. The molecule has 312 valence electrons. The minimum atomic E-state index is -3.22. The van der Waals surface area contributed by atoms with Gasteiger partial charge < -0.3 is 34.3 Å². The Labute approximate surface area is 343 Å². The highest BCUT2D eigenvalue weighted by Gasteiger charge is 2.37. The van der Waals surface area contributed by atoms with E-state index in [0.29, 0.717) is 22.3 Å². The second-order valence-corrected chi connectivity index (χ2v) is 14.7. The van der Waals surface area contributed by atoms with Crippen molar-refractivity contribution in [2.45, 2.75) is 95.1 Å². The average molecular weight is 874 g/mol. The van der Waals surface area contributed by atoms with Gasteiger partial charge in [0.25, 0.3) is 0 Å². The lowest BCUT2D eigenvalue weighted by molar-refractivity contribution is -0.142. The van der Waals surface area contributed by atoms with Crippen LogP contribution in [0.2, 0.25) is 0 Å². The molecule has 1 unspecified atom stereocenters. The summed E-state index contributed by atoms with van der Waals surface area (Å²) in [6.07, 6.45) is 6.55. The van der Waals surface area contributed by atoms with Gasteiger partial charge in [-0.05, 0) is 130 Å². The molecule has 3 aromatic carbocycles. The molecule has 1 fully saturated rings. The number of aliphatic hydroxyl groups is 1. The number of aromatic hydroxyl groups is 1. The predicted molar refractivity (Wildman–Crippen MR) is 214 cm³/mol. The first-order valence-corrected chi connectivity index (χ1v) is 18.8. The summed E-state index contributed by atoms with van der Waals surface area (Å²) in [4.78, 5) is 61.0. The molecule has 0 spiro atoms. The molecule has 2 aliphatic rings. The first-order chi connectivity index (χ1) is 27.0. The van der Waals surface area contributed by atoms with Crippen LogP contribution in [-0.2, 0) is 14.3 Å². The Morgan fingerprint density at radius 2 is 1.26 bits per heavy atom. The Hall–Kier alpha value is -5.57. The van der Waals surface area contributed by atoms with Gasteiger partial charge >= 0.3 is 24.5 Å². The molecule has 3 aromatic rings. The number of carbonyl (C=O) groups is 5.